The molecule has 2 rings (SSSR count). The summed E-state index contributed by atoms with van der Waals surface area (Å²) in [4.78, 5) is 5.83. The van der Waals surface area contributed by atoms with Gasteiger partial charge in [0.2, 0.25) is 0 Å². The van der Waals surface area contributed by atoms with Crippen molar-refractivity contribution in [1.82, 2.24) is 4.98 Å². The third kappa shape index (κ3) is 2.16. The minimum Gasteiger partial charge on any atom is -0.387 e. The summed E-state index contributed by atoms with van der Waals surface area (Å²) >= 11 is 1.69. The van der Waals surface area contributed by atoms with Gasteiger partial charge in [0, 0.05) is 5.41 Å². The maximum Gasteiger partial charge on any atom is 0.0985 e. The van der Waals surface area contributed by atoms with Crippen molar-refractivity contribution in [2.45, 2.75) is 59.0 Å². The molecule has 0 bridgehead atoms. The van der Waals surface area contributed by atoms with Crippen LogP contribution in [0, 0.1) is 5.41 Å². The molecule has 1 N–H and O–H groups in total. The molecule has 0 saturated heterocycles. The molecule has 0 amide bonds. The first-order valence-electron chi connectivity index (χ1n) is 5.87. The summed E-state index contributed by atoms with van der Waals surface area (Å²) in [6.45, 7) is 10.9. The summed E-state index contributed by atoms with van der Waals surface area (Å²) in [5, 5.41) is 11.3. The highest BCUT2D eigenvalue weighted by Crippen LogP contribution is 2.44. The maximum atomic E-state index is 10.1. The molecule has 90 valence electrons. The van der Waals surface area contributed by atoms with E-state index in [0.29, 0.717) is 0 Å². The second kappa shape index (κ2) is 3.54. The molecule has 1 aliphatic carbocycles. The lowest BCUT2D eigenvalue weighted by molar-refractivity contribution is 0.102. The van der Waals surface area contributed by atoms with E-state index < -0.39 is 0 Å². The van der Waals surface area contributed by atoms with Gasteiger partial charge in [-0.25, -0.2) is 4.98 Å². The van der Waals surface area contributed by atoms with Crippen LogP contribution in [0.2, 0.25) is 0 Å². The number of aromatic nitrogens is 1. The van der Waals surface area contributed by atoms with Crippen molar-refractivity contribution >= 4 is 11.3 Å². The van der Waals surface area contributed by atoms with E-state index >= 15 is 0 Å². The maximum absolute atomic E-state index is 10.1. The minimum absolute atomic E-state index is 0.0892. The van der Waals surface area contributed by atoms with E-state index in [1.165, 1.54) is 0 Å². The first-order valence-corrected chi connectivity index (χ1v) is 6.69. The molecule has 2 nitrogen and oxygen atoms in total. The van der Waals surface area contributed by atoms with Gasteiger partial charge < -0.3 is 5.11 Å². The molecule has 0 aromatic carbocycles. The Kier molecular flexibility index (Phi) is 2.67. The van der Waals surface area contributed by atoms with Crippen LogP contribution >= 0.6 is 11.3 Å². The number of nitrogens with zero attached hydrogens (tertiary/aromatic N) is 1. The van der Waals surface area contributed by atoms with E-state index in [0.717, 1.165) is 28.4 Å². The molecule has 1 heterocycles. The molecule has 0 aliphatic heterocycles. The fraction of sp³-hybridized carbons (Fsp3) is 0.769. The van der Waals surface area contributed by atoms with Gasteiger partial charge in [-0.3, -0.25) is 0 Å². The second-order valence-electron chi connectivity index (χ2n) is 6.64. The predicted molar refractivity (Wildman–Crippen MR) is 67.9 cm³/mol. The van der Waals surface area contributed by atoms with Crippen LogP contribution in [-0.2, 0) is 11.8 Å². The van der Waals surface area contributed by atoms with Gasteiger partial charge in [0.05, 0.1) is 21.7 Å². The van der Waals surface area contributed by atoms with Crippen LogP contribution in [0.4, 0.5) is 0 Å². The number of fused-ring (bicyclic) bond motifs is 1. The Morgan fingerprint density at radius 3 is 2.56 bits per heavy atom. The summed E-state index contributed by atoms with van der Waals surface area (Å²) < 4.78 is 0. The lowest BCUT2D eigenvalue weighted by Gasteiger charge is -2.31. The lowest BCUT2D eigenvalue weighted by atomic mass is 9.77. The molecule has 0 saturated carbocycles. The molecule has 1 unspecified atom stereocenters. The van der Waals surface area contributed by atoms with Gasteiger partial charge in [0.1, 0.15) is 0 Å². The Morgan fingerprint density at radius 1 is 1.38 bits per heavy atom. The molecule has 1 aromatic heterocycles. The minimum atomic E-state index is -0.313. The predicted octanol–water partition coefficient (Wildman–Crippen LogP) is 3.45. The van der Waals surface area contributed by atoms with Gasteiger partial charge >= 0.3 is 0 Å². The van der Waals surface area contributed by atoms with Crippen LogP contribution in [0.25, 0.3) is 0 Å². The third-order valence-electron chi connectivity index (χ3n) is 3.06. The SMILES string of the molecule is CC1(C)Cc2nc(C(C)(C)C)sc2C(O)C1. The first-order chi connectivity index (χ1) is 7.19. The Labute approximate surface area is 102 Å². The van der Waals surface area contributed by atoms with Crippen LogP contribution in [0.5, 0.6) is 0 Å². The van der Waals surface area contributed by atoms with E-state index in [1.54, 1.807) is 11.3 Å². The van der Waals surface area contributed by atoms with Gasteiger partial charge in [-0.1, -0.05) is 34.6 Å². The first kappa shape index (κ1) is 12.1. The molecule has 3 heteroatoms. The van der Waals surface area contributed by atoms with Gasteiger partial charge in [-0.05, 0) is 18.3 Å². The van der Waals surface area contributed by atoms with E-state index in [9.17, 15) is 5.11 Å². The standard InChI is InChI=1S/C13H21NOS/c1-12(2,3)11-14-8-6-13(4,5)7-9(15)10(8)16-11/h9,15H,6-7H2,1-5H3. The van der Waals surface area contributed by atoms with E-state index in [2.05, 4.69) is 34.6 Å². The highest BCUT2D eigenvalue weighted by molar-refractivity contribution is 7.12. The van der Waals surface area contributed by atoms with Crippen LogP contribution in [0.3, 0.4) is 0 Å². The highest BCUT2D eigenvalue weighted by Gasteiger charge is 2.35. The fourth-order valence-corrected chi connectivity index (χ4v) is 3.34. The van der Waals surface area contributed by atoms with Crippen molar-refractivity contribution in [2.24, 2.45) is 5.41 Å². The summed E-state index contributed by atoms with van der Waals surface area (Å²) in [6, 6.07) is 0. The quantitative estimate of drug-likeness (QED) is 0.752. The number of rotatable bonds is 0. The molecule has 0 fully saturated rings. The van der Waals surface area contributed by atoms with Crippen LogP contribution in [0.15, 0.2) is 0 Å². The number of hydrogen-bond donors (Lipinski definition) is 1. The third-order valence-corrected chi connectivity index (χ3v) is 4.69. The van der Waals surface area contributed by atoms with Crippen molar-refractivity contribution in [2.75, 3.05) is 0 Å². The Bertz CT molecular complexity index is 401. The van der Waals surface area contributed by atoms with Crippen molar-refractivity contribution < 1.29 is 5.11 Å². The normalized spacial score (nSPS) is 24.2. The largest absolute Gasteiger partial charge is 0.387 e. The van der Waals surface area contributed by atoms with Crippen LogP contribution in [0.1, 0.15) is 62.7 Å². The average Bonchev–Trinajstić information content (AvgIpc) is 2.44. The zero-order valence-electron chi connectivity index (χ0n) is 10.8. The van der Waals surface area contributed by atoms with Crippen molar-refractivity contribution in [3.63, 3.8) is 0 Å². The highest BCUT2D eigenvalue weighted by atomic mass is 32.1. The molecule has 0 spiro atoms. The summed E-state index contributed by atoms with van der Waals surface area (Å²) in [5.74, 6) is 0. The smallest absolute Gasteiger partial charge is 0.0985 e. The van der Waals surface area contributed by atoms with Crippen molar-refractivity contribution in [3.8, 4) is 0 Å². The molecule has 16 heavy (non-hydrogen) atoms. The van der Waals surface area contributed by atoms with Crippen LogP contribution in [-0.4, -0.2) is 10.1 Å². The monoisotopic (exact) mass is 239 g/mol. The molecule has 0 radical (unpaired) electrons. The number of aliphatic hydroxyl groups excluding tert-OH is 1. The number of aliphatic hydroxyl groups is 1. The number of hydrogen-bond acceptors (Lipinski definition) is 3. The van der Waals surface area contributed by atoms with Crippen molar-refractivity contribution in [1.29, 1.82) is 0 Å². The van der Waals surface area contributed by atoms with Crippen molar-refractivity contribution in [3.05, 3.63) is 15.6 Å². The van der Waals surface area contributed by atoms with Gasteiger partial charge in [-0.2, -0.15) is 0 Å². The zero-order chi connectivity index (χ0) is 12.1. The molecular weight excluding hydrogens is 218 g/mol. The van der Waals surface area contributed by atoms with Crippen LogP contribution < -0.4 is 0 Å². The second-order valence-corrected chi connectivity index (χ2v) is 7.67. The van der Waals surface area contributed by atoms with Gasteiger partial charge in [0.25, 0.3) is 0 Å². The van der Waals surface area contributed by atoms with E-state index in [-0.39, 0.29) is 16.9 Å². The topological polar surface area (TPSA) is 33.1 Å². The Hall–Kier alpha value is -0.410. The Balaban J connectivity index is 2.42. The molecular formula is C13H21NOS. The van der Waals surface area contributed by atoms with E-state index in [4.69, 9.17) is 4.98 Å². The molecule has 1 aromatic rings. The number of thiazole rings is 1. The summed E-state index contributed by atoms with van der Waals surface area (Å²) in [5.41, 5.74) is 1.39. The molecule has 1 atom stereocenters. The average molecular weight is 239 g/mol. The zero-order valence-corrected chi connectivity index (χ0v) is 11.6. The summed E-state index contributed by atoms with van der Waals surface area (Å²) in [6.07, 6.45) is 1.53. The Morgan fingerprint density at radius 2 is 2.00 bits per heavy atom. The van der Waals surface area contributed by atoms with E-state index in [1.807, 2.05) is 0 Å². The van der Waals surface area contributed by atoms with Gasteiger partial charge in [0.15, 0.2) is 0 Å². The van der Waals surface area contributed by atoms with Gasteiger partial charge in [-0.15, -0.1) is 11.3 Å². The lowest BCUT2D eigenvalue weighted by Crippen LogP contribution is -2.24. The molecule has 1 aliphatic rings. The summed E-state index contributed by atoms with van der Waals surface area (Å²) in [7, 11) is 0. The fourth-order valence-electron chi connectivity index (χ4n) is 2.21.